The first kappa shape index (κ1) is 23.1. The number of esters is 1. The van der Waals surface area contributed by atoms with Crippen molar-refractivity contribution in [2.75, 3.05) is 31.6 Å². The molecule has 1 unspecified atom stereocenters. The number of piperidine rings is 1. The van der Waals surface area contributed by atoms with E-state index in [4.69, 9.17) is 14.2 Å². The second-order valence-electron chi connectivity index (χ2n) is 7.92. The van der Waals surface area contributed by atoms with Crippen LogP contribution in [0, 0.1) is 5.92 Å². The van der Waals surface area contributed by atoms with E-state index in [-0.39, 0.29) is 18.0 Å². The van der Waals surface area contributed by atoms with Crippen LogP contribution in [0.1, 0.15) is 19.8 Å². The predicted molar refractivity (Wildman–Crippen MR) is 120 cm³/mol. The molecule has 4 rings (SSSR count). The summed E-state index contributed by atoms with van der Waals surface area (Å²) in [5.74, 6) is -0.463. The Morgan fingerprint density at radius 2 is 1.70 bits per heavy atom. The third-order valence-electron chi connectivity index (χ3n) is 5.64. The molecule has 0 saturated carbocycles. The first-order chi connectivity index (χ1) is 15.8. The van der Waals surface area contributed by atoms with Crippen molar-refractivity contribution in [3.63, 3.8) is 0 Å². The van der Waals surface area contributed by atoms with Gasteiger partial charge in [-0.2, -0.15) is 4.31 Å². The van der Waals surface area contributed by atoms with Crippen molar-refractivity contribution in [1.29, 1.82) is 0 Å². The van der Waals surface area contributed by atoms with Gasteiger partial charge in [-0.15, -0.1) is 0 Å². The molecule has 0 radical (unpaired) electrons. The Labute approximate surface area is 192 Å². The number of ether oxygens (including phenoxy) is 3. The molecule has 2 aromatic rings. The number of nitrogens with one attached hydrogen (secondary N) is 1. The fraction of sp³-hybridized carbons (Fsp3) is 0.391. The summed E-state index contributed by atoms with van der Waals surface area (Å²) in [4.78, 5) is 25.0. The van der Waals surface area contributed by atoms with Crippen molar-refractivity contribution in [3.05, 3.63) is 48.5 Å². The van der Waals surface area contributed by atoms with E-state index in [1.807, 2.05) is 6.07 Å². The smallest absolute Gasteiger partial charge is 0.309 e. The second kappa shape index (κ2) is 9.80. The molecule has 0 spiro atoms. The lowest BCUT2D eigenvalue weighted by atomic mass is 9.98. The van der Waals surface area contributed by atoms with Gasteiger partial charge in [-0.05, 0) is 44.0 Å². The number of para-hydroxylation sites is 1. The van der Waals surface area contributed by atoms with Crippen LogP contribution in [0.5, 0.6) is 11.5 Å². The minimum Gasteiger partial charge on any atom is -0.486 e. The molecule has 9 nitrogen and oxygen atoms in total. The summed E-state index contributed by atoms with van der Waals surface area (Å²) in [6, 6.07) is 13.5. The van der Waals surface area contributed by atoms with E-state index < -0.39 is 33.9 Å². The van der Waals surface area contributed by atoms with Gasteiger partial charge in [-0.1, -0.05) is 18.2 Å². The molecule has 2 aliphatic heterocycles. The SMILES string of the molecule is CC(OC(=O)C1CCN(S(=O)(=O)c2ccc3c(c2)OCCO3)CC1)C(=O)Nc1ccccc1. The molecule has 1 atom stereocenters. The number of benzene rings is 2. The number of carbonyl (C=O) groups excluding carboxylic acids is 2. The zero-order chi connectivity index (χ0) is 23.4. The van der Waals surface area contributed by atoms with Crippen LogP contribution in [0.2, 0.25) is 0 Å². The highest BCUT2D eigenvalue weighted by molar-refractivity contribution is 7.89. The van der Waals surface area contributed by atoms with Crippen molar-refractivity contribution in [2.45, 2.75) is 30.8 Å². The van der Waals surface area contributed by atoms with E-state index in [1.165, 1.54) is 23.4 Å². The monoisotopic (exact) mass is 474 g/mol. The van der Waals surface area contributed by atoms with Crippen molar-refractivity contribution < 1.29 is 32.2 Å². The van der Waals surface area contributed by atoms with Gasteiger partial charge in [0.15, 0.2) is 17.6 Å². The Morgan fingerprint density at radius 1 is 1.03 bits per heavy atom. The summed E-state index contributed by atoms with van der Waals surface area (Å²) >= 11 is 0. The van der Waals surface area contributed by atoms with E-state index >= 15 is 0 Å². The summed E-state index contributed by atoms with van der Waals surface area (Å²) in [6.45, 7) is 2.67. The third kappa shape index (κ3) is 5.28. The Hall–Kier alpha value is -3.11. The van der Waals surface area contributed by atoms with Crippen LogP contribution in [0.15, 0.2) is 53.4 Å². The zero-order valence-corrected chi connectivity index (χ0v) is 19.0. The molecule has 1 saturated heterocycles. The molecule has 176 valence electrons. The summed E-state index contributed by atoms with van der Waals surface area (Å²) < 4.78 is 43.7. The van der Waals surface area contributed by atoms with Crippen molar-refractivity contribution >= 4 is 27.6 Å². The molecule has 0 aliphatic carbocycles. The topological polar surface area (TPSA) is 111 Å². The van der Waals surface area contributed by atoms with Crippen LogP contribution in [-0.2, 0) is 24.3 Å². The summed E-state index contributed by atoms with van der Waals surface area (Å²) in [7, 11) is -3.73. The number of fused-ring (bicyclic) bond motifs is 1. The molecule has 33 heavy (non-hydrogen) atoms. The van der Waals surface area contributed by atoms with Crippen LogP contribution >= 0.6 is 0 Å². The summed E-state index contributed by atoms with van der Waals surface area (Å²) in [6.07, 6.45) is -0.331. The molecule has 1 amide bonds. The van der Waals surface area contributed by atoms with Crippen molar-refractivity contribution in [1.82, 2.24) is 4.31 Å². The zero-order valence-electron chi connectivity index (χ0n) is 18.2. The van der Waals surface area contributed by atoms with Crippen LogP contribution in [-0.4, -0.2) is 57.0 Å². The number of anilines is 1. The van der Waals surface area contributed by atoms with Gasteiger partial charge >= 0.3 is 5.97 Å². The highest BCUT2D eigenvalue weighted by Crippen LogP contribution is 2.34. The number of hydrogen-bond acceptors (Lipinski definition) is 7. The first-order valence-corrected chi connectivity index (χ1v) is 12.2. The second-order valence-corrected chi connectivity index (χ2v) is 9.86. The minimum absolute atomic E-state index is 0.124. The van der Waals surface area contributed by atoms with Crippen LogP contribution < -0.4 is 14.8 Å². The standard InChI is InChI=1S/C23H26N2O7S/c1-16(22(26)24-18-5-3-2-4-6-18)32-23(27)17-9-11-25(12-10-17)33(28,29)19-7-8-20-21(15-19)31-14-13-30-20/h2-8,15-17H,9-14H2,1H3,(H,24,26). The summed E-state index contributed by atoms with van der Waals surface area (Å²) in [5.41, 5.74) is 0.614. The highest BCUT2D eigenvalue weighted by atomic mass is 32.2. The van der Waals surface area contributed by atoms with Gasteiger partial charge in [0.2, 0.25) is 10.0 Å². The Morgan fingerprint density at radius 3 is 2.39 bits per heavy atom. The van der Waals surface area contributed by atoms with Crippen molar-refractivity contribution in [2.24, 2.45) is 5.92 Å². The number of carbonyl (C=O) groups is 2. The number of amides is 1. The maximum atomic E-state index is 13.1. The maximum absolute atomic E-state index is 13.1. The molecule has 2 aromatic carbocycles. The Kier molecular flexibility index (Phi) is 6.85. The molecule has 0 aromatic heterocycles. The van der Waals surface area contributed by atoms with Gasteiger partial charge in [0, 0.05) is 24.8 Å². The van der Waals surface area contributed by atoms with E-state index in [0.717, 1.165) is 0 Å². The molecule has 1 N–H and O–H groups in total. The number of rotatable bonds is 6. The molecular formula is C23H26N2O7S. The van der Waals surface area contributed by atoms with Crippen molar-refractivity contribution in [3.8, 4) is 11.5 Å². The summed E-state index contributed by atoms with van der Waals surface area (Å²) in [5, 5.41) is 2.69. The molecule has 2 aliphatic rings. The largest absolute Gasteiger partial charge is 0.486 e. The number of hydrogen-bond donors (Lipinski definition) is 1. The van der Waals surface area contributed by atoms with Crippen LogP contribution in [0.3, 0.4) is 0 Å². The van der Waals surface area contributed by atoms with Gasteiger partial charge in [0.25, 0.3) is 5.91 Å². The fourth-order valence-electron chi connectivity index (χ4n) is 3.75. The average molecular weight is 475 g/mol. The molecule has 2 heterocycles. The van der Waals surface area contributed by atoms with Gasteiger partial charge < -0.3 is 19.5 Å². The quantitative estimate of drug-likeness (QED) is 0.640. The average Bonchev–Trinajstić information content (AvgIpc) is 2.84. The molecule has 0 bridgehead atoms. The van der Waals surface area contributed by atoms with Gasteiger partial charge in [-0.25, -0.2) is 8.42 Å². The predicted octanol–water partition coefficient (Wildman–Crippen LogP) is 2.43. The van der Waals surface area contributed by atoms with E-state index in [2.05, 4.69) is 5.32 Å². The normalized spacial score (nSPS) is 17.7. The molecular weight excluding hydrogens is 448 g/mol. The third-order valence-corrected chi connectivity index (χ3v) is 7.54. The van der Waals surface area contributed by atoms with E-state index in [1.54, 1.807) is 30.3 Å². The number of sulfonamides is 1. The van der Waals surface area contributed by atoms with Gasteiger partial charge in [-0.3, -0.25) is 9.59 Å². The van der Waals surface area contributed by atoms with Gasteiger partial charge in [0.05, 0.1) is 10.8 Å². The maximum Gasteiger partial charge on any atom is 0.309 e. The van der Waals surface area contributed by atoms with E-state index in [9.17, 15) is 18.0 Å². The Bertz CT molecular complexity index is 1110. The lowest BCUT2D eigenvalue weighted by Crippen LogP contribution is -2.41. The minimum atomic E-state index is -3.73. The highest BCUT2D eigenvalue weighted by Gasteiger charge is 2.34. The molecule has 10 heteroatoms. The Balaban J connectivity index is 1.31. The first-order valence-electron chi connectivity index (χ1n) is 10.8. The fourth-order valence-corrected chi connectivity index (χ4v) is 5.24. The van der Waals surface area contributed by atoms with Gasteiger partial charge in [0.1, 0.15) is 13.2 Å². The lowest BCUT2D eigenvalue weighted by molar-refractivity contribution is -0.158. The number of nitrogens with zero attached hydrogens (tertiary/aromatic N) is 1. The van der Waals surface area contributed by atoms with Crippen LogP contribution in [0.25, 0.3) is 0 Å². The van der Waals surface area contributed by atoms with E-state index in [0.29, 0.717) is 43.2 Å². The lowest BCUT2D eigenvalue weighted by Gasteiger charge is -2.30. The molecule has 1 fully saturated rings. The van der Waals surface area contributed by atoms with Crippen LogP contribution in [0.4, 0.5) is 5.69 Å².